The first kappa shape index (κ1) is 19.6. The molecule has 1 amide bonds. The molecule has 1 aliphatic rings. The number of carbonyl (C=O) groups excluding carboxylic acids is 1. The number of nitrogens with one attached hydrogen (secondary N) is 2. The molecule has 30 heavy (non-hydrogen) atoms. The Hall–Kier alpha value is -3.73. The van der Waals surface area contributed by atoms with Crippen molar-refractivity contribution in [1.82, 2.24) is 25.0 Å². The van der Waals surface area contributed by atoms with Crippen LogP contribution < -0.4 is 27.8 Å². The zero-order chi connectivity index (χ0) is 21.1. The number of aromatic nitrogens is 5. The highest BCUT2D eigenvalue weighted by Crippen LogP contribution is 2.25. The summed E-state index contributed by atoms with van der Waals surface area (Å²) in [5.41, 5.74) is 19.7. The molecule has 3 aromatic rings. The highest BCUT2D eigenvalue weighted by atomic mass is 16.1. The molecule has 1 fully saturated rings. The molecule has 0 unspecified atom stereocenters. The van der Waals surface area contributed by atoms with Crippen LogP contribution in [0.5, 0.6) is 0 Å². The van der Waals surface area contributed by atoms with Crippen LogP contribution in [0, 0.1) is 0 Å². The molecule has 2 heterocycles. The van der Waals surface area contributed by atoms with Gasteiger partial charge in [0.25, 0.3) is 5.91 Å². The Morgan fingerprint density at radius 3 is 2.63 bits per heavy atom. The molecule has 0 spiro atoms. The Balaban J connectivity index is 1.63. The van der Waals surface area contributed by atoms with E-state index < -0.39 is 5.91 Å². The lowest BCUT2D eigenvalue weighted by molar-refractivity contribution is 0.100. The number of nitrogens with zero attached hydrogens (tertiary/aromatic N) is 5. The normalized spacial score (nSPS) is 18.7. The second-order valence-electron chi connectivity index (χ2n) is 7.28. The number of anilines is 4. The van der Waals surface area contributed by atoms with E-state index in [0.29, 0.717) is 23.0 Å². The van der Waals surface area contributed by atoms with Gasteiger partial charge in [0.2, 0.25) is 5.95 Å². The van der Waals surface area contributed by atoms with Crippen molar-refractivity contribution in [2.75, 3.05) is 16.4 Å². The second kappa shape index (κ2) is 8.33. The van der Waals surface area contributed by atoms with Crippen LogP contribution in [-0.2, 0) is 0 Å². The molecular weight excluding hydrogens is 384 g/mol. The Bertz CT molecular complexity index is 1040. The summed E-state index contributed by atoms with van der Waals surface area (Å²) in [5.74, 6) is 0.00774. The molecule has 4 rings (SSSR count). The minimum Gasteiger partial charge on any atom is -0.399 e. The number of rotatable bonds is 6. The number of hydrogen-bond donors (Lipinski definition) is 5. The summed E-state index contributed by atoms with van der Waals surface area (Å²) in [6, 6.07) is 5.35. The monoisotopic (exact) mass is 408 g/mol. The van der Waals surface area contributed by atoms with E-state index in [0.717, 1.165) is 25.7 Å². The van der Waals surface area contributed by atoms with Gasteiger partial charge >= 0.3 is 0 Å². The highest BCUT2D eigenvalue weighted by Gasteiger charge is 2.23. The fourth-order valence-electron chi connectivity index (χ4n) is 3.54. The lowest BCUT2D eigenvalue weighted by Gasteiger charge is -2.29. The lowest BCUT2D eigenvalue weighted by atomic mass is 9.91. The molecule has 11 heteroatoms. The number of nitrogen functional groups attached to an aromatic ring is 1. The maximum atomic E-state index is 11.9. The molecule has 156 valence electrons. The minimum absolute atomic E-state index is 0.0348. The van der Waals surface area contributed by atoms with Gasteiger partial charge in [-0.25, -0.2) is 4.98 Å². The molecule has 0 radical (unpaired) electrons. The van der Waals surface area contributed by atoms with Crippen molar-refractivity contribution < 1.29 is 4.79 Å². The number of amides is 1. The van der Waals surface area contributed by atoms with E-state index in [9.17, 15) is 4.79 Å². The van der Waals surface area contributed by atoms with E-state index >= 15 is 0 Å². The summed E-state index contributed by atoms with van der Waals surface area (Å²) in [6.45, 7) is 0. The topological polar surface area (TPSA) is 176 Å². The maximum Gasteiger partial charge on any atom is 0.254 e. The van der Waals surface area contributed by atoms with Gasteiger partial charge in [0, 0.05) is 29.7 Å². The van der Waals surface area contributed by atoms with E-state index in [1.54, 1.807) is 30.6 Å². The quantitative estimate of drug-likeness (QED) is 0.375. The Labute approximate surface area is 173 Å². The second-order valence-corrected chi connectivity index (χ2v) is 7.28. The largest absolute Gasteiger partial charge is 0.399 e. The van der Waals surface area contributed by atoms with Crippen LogP contribution in [0.2, 0.25) is 0 Å². The summed E-state index contributed by atoms with van der Waals surface area (Å²) in [6.07, 6.45) is 8.66. The molecule has 0 saturated heterocycles. The summed E-state index contributed by atoms with van der Waals surface area (Å²) >= 11 is 0. The lowest BCUT2D eigenvalue weighted by Crippen LogP contribution is -2.43. The summed E-state index contributed by atoms with van der Waals surface area (Å²) in [5, 5.41) is 14.6. The first-order valence-corrected chi connectivity index (χ1v) is 9.73. The van der Waals surface area contributed by atoms with Gasteiger partial charge in [-0.2, -0.15) is 20.0 Å². The van der Waals surface area contributed by atoms with Gasteiger partial charge in [-0.3, -0.25) is 4.79 Å². The van der Waals surface area contributed by atoms with Crippen LogP contribution in [0.1, 0.15) is 36.0 Å². The Morgan fingerprint density at radius 1 is 1.13 bits per heavy atom. The van der Waals surface area contributed by atoms with E-state index in [-0.39, 0.29) is 23.5 Å². The molecule has 1 aromatic carbocycles. The van der Waals surface area contributed by atoms with Crippen molar-refractivity contribution in [3.05, 3.63) is 42.4 Å². The molecule has 1 saturated carbocycles. The molecule has 1 aliphatic carbocycles. The maximum absolute atomic E-state index is 11.9. The van der Waals surface area contributed by atoms with Gasteiger partial charge in [0.15, 0.2) is 0 Å². The third kappa shape index (κ3) is 4.30. The molecular formula is C19H24N10O. The van der Waals surface area contributed by atoms with E-state index in [4.69, 9.17) is 17.2 Å². The fraction of sp³-hybridized carbons (Fsp3) is 0.316. The standard InChI is InChI=1S/C19H24N10O/c20-11-7-12(9-13(8-11)29-24-5-6-25-29)26-18-14(17(22)30)10-23-19(28-18)27-16-4-2-1-3-15(16)21/h5-10,15-16H,1-4,20-21H2,(H2,22,30)(H2,23,26,27,28)/t15-,16+/m0/s1. The van der Waals surface area contributed by atoms with E-state index in [1.165, 1.54) is 11.0 Å². The predicted octanol–water partition coefficient (Wildman–Crippen LogP) is 1.16. The zero-order valence-corrected chi connectivity index (χ0v) is 16.3. The van der Waals surface area contributed by atoms with Gasteiger partial charge < -0.3 is 27.8 Å². The third-order valence-corrected chi connectivity index (χ3v) is 5.04. The van der Waals surface area contributed by atoms with E-state index in [2.05, 4.69) is 30.8 Å². The van der Waals surface area contributed by atoms with Gasteiger partial charge in [-0.15, -0.1) is 0 Å². The van der Waals surface area contributed by atoms with Crippen LogP contribution in [-0.4, -0.2) is 43.0 Å². The van der Waals surface area contributed by atoms with Gasteiger partial charge in [0.05, 0.1) is 18.1 Å². The van der Waals surface area contributed by atoms with Gasteiger partial charge in [-0.1, -0.05) is 12.8 Å². The average molecular weight is 408 g/mol. The predicted molar refractivity (Wildman–Crippen MR) is 113 cm³/mol. The van der Waals surface area contributed by atoms with Crippen molar-refractivity contribution >= 4 is 29.0 Å². The fourth-order valence-corrected chi connectivity index (χ4v) is 3.54. The summed E-state index contributed by atoms with van der Waals surface area (Å²) in [4.78, 5) is 22.0. The van der Waals surface area contributed by atoms with Crippen LogP contribution in [0.4, 0.5) is 23.1 Å². The molecule has 8 N–H and O–H groups in total. The smallest absolute Gasteiger partial charge is 0.254 e. The molecule has 0 bridgehead atoms. The Kier molecular flexibility index (Phi) is 5.44. The third-order valence-electron chi connectivity index (χ3n) is 5.04. The van der Waals surface area contributed by atoms with Crippen molar-refractivity contribution in [2.45, 2.75) is 37.8 Å². The zero-order valence-electron chi connectivity index (χ0n) is 16.3. The van der Waals surface area contributed by atoms with Gasteiger partial charge in [-0.05, 0) is 31.0 Å². The van der Waals surface area contributed by atoms with Crippen LogP contribution in [0.25, 0.3) is 5.69 Å². The molecule has 0 aliphatic heterocycles. The Morgan fingerprint density at radius 2 is 1.90 bits per heavy atom. The number of hydrogen-bond acceptors (Lipinski definition) is 9. The number of primary amides is 1. The van der Waals surface area contributed by atoms with E-state index in [1.807, 2.05) is 0 Å². The summed E-state index contributed by atoms with van der Waals surface area (Å²) < 4.78 is 0. The van der Waals surface area contributed by atoms with Crippen LogP contribution in [0.3, 0.4) is 0 Å². The SMILES string of the molecule is NC(=O)c1cnc(N[C@@H]2CCCC[C@@H]2N)nc1Nc1cc(N)cc(-n2nccn2)c1. The molecule has 2 atom stereocenters. The summed E-state index contributed by atoms with van der Waals surface area (Å²) in [7, 11) is 0. The van der Waals surface area contributed by atoms with Crippen LogP contribution >= 0.6 is 0 Å². The minimum atomic E-state index is -0.642. The van der Waals surface area contributed by atoms with Crippen molar-refractivity contribution in [1.29, 1.82) is 0 Å². The van der Waals surface area contributed by atoms with Crippen molar-refractivity contribution in [3.63, 3.8) is 0 Å². The number of nitrogens with two attached hydrogens (primary N) is 3. The first-order valence-electron chi connectivity index (χ1n) is 9.73. The average Bonchev–Trinajstić information content (AvgIpc) is 3.24. The van der Waals surface area contributed by atoms with Crippen molar-refractivity contribution in [3.8, 4) is 5.69 Å². The highest BCUT2D eigenvalue weighted by molar-refractivity contribution is 5.98. The van der Waals surface area contributed by atoms with Crippen molar-refractivity contribution in [2.24, 2.45) is 11.5 Å². The number of carbonyl (C=O) groups is 1. The molecule has 2 aromatic heterocycles. The van der Waals surface area contributed by atoms with Gasteiger partial charge in [0.1, 0.15) is 11.4 Å². The molecule has 11 nitrogen and oxygen atoms in total. The first-order chi connectivity index (χ1) is 14.5. The number of benzene rings is 1. The van der Waals surface area contributed by atoms with Crippen LogP contribution in [0.15, 0.2) is 36.8 Å².